The van der Waals surface area contributed by atoms with Gasteiger partial charge in [0.1, 0.15) is 11.7 Å². The Morgan fingerprint density at radius 3 is 2.30 bits per heavy atom. The number of rotatable bonds is 10. The minimum Gasteiger partial charge on any atom is -0.353 e. The molecule has 0 bridgehead atoms. The largest absolute Gasteiger partial charge is 0.353 e. The minimum absolute atomic E-state index is 0.417. The fourth-order valence-corrected chi connectivity index (χ4v) is 5.09. The van der Waals surface area contributed by atoms with Crippen molar-refractivity contribution >= 4 is 22.3 Å². The zero-order valence-corrected chi connectivity index (χ0v) is 22.8. The fraction of sp³-hybridized carbons (Fsp3) is 0.536. The number of anilines is 1. The van der Waals surface area contributed by atoms with E-state index in [2.05, 4.69) is 77.0 Å². The van der Waals surface area contributed by atoms with Gasteiger partial charge in [-0.25, -0.2) is 4.99 Å². The van der Waals surface area contributed by atoms with E-state index in [1.54, 1.807) is 0 Å². The normalized spacial score (nSPS) is 15.9. The topological polar surface area (TPSA) is 44.7 Å². The molecule has 1 aromatic carbocycles. The van der Waals surface area contributed by atoms with Crippen LogP contribution >= 0.6 is 0 Å². The highest BCUT2D eigenvalue weighted by Gasteiger charge is 2.20. The molecule has 2 rings (SSSR count). The molecule has 1 aromatic rings. The van der Waals surface area contributed by atoms with Crippen molar-refractivity contribution in [2.75, 3.05) is 11.9 Å². The van der Waals surface area contributed by atoms with E-state index in [1.165, 1.54) is 23.1 Å². The number of amidine groups is 1. The standard InChI is InChI=1S/C25H37N3OS.C3H8/c1-8-19(6)25(28(14-13-18(4)5)24(9-2)10-3)27-20(7)26-23-12-11-21-16-30(29)17-22(21)15-23;1-3-2/h8,11-12,15,24H,1,4,9-10,13-14,16-17H2,2-3,5-7H3,(H,26,27);3H2,1-2H3/b25-19+;. The summed E-state index contributed by atoms with van der Waals surface area (Å²) in [6.45, 7) is 23.8. The molecule has 1 N–H and O–H groups in total. The summed E-state index contributed by atoms with van der Waals surface area (Å²) < 4.78 is 11.8. The van der Waals surface area contributed by atoms with Crippen molar-refractivity contribution < 1.29 is 4.21 Å². The van der Waals surface area contributed by atoms with Crippen LogP contribution in [0.3, 0.4) is 0 Å². The van der Waals surface area contributed by atoms with Gasteiger partial charge >= 0.3 is 0 Å². The molecule has 1 aliphatic heterocycles. The highest BCUT2D eigenvalue weighted by Crippen LogP contribution is 2.26. The molecule has 33 heavy (non-hydrogen) atoms. The molecule has 0 saturated carbocycles. The molecule has 1 atom stereocenters. The summed E-state index contributed by atoms with van der Waals surface area (Å²) in [6, 6.07) is 6.64. The van der Waals surface area contributed by atoms with Crippen LogP contribution in [-0.2, 0) is 22.3 Å². The van der Waals surface area contributed by atoms with Crippen LogP contribution in [0, 0.1) is 0 Å². The molecule has 0 amide bonds. The molecule has 0 aliphatic carbocycles. The van der Waals surface area contributed by atoms with Gasteiger partial charge in [0, 0.05) is 40.6 Å². The summed E-state index contributed by atoms with van der Waals surface area (Å²) in [5.74, 6) is 3.11. The molecule has 184 valence electrons. The van der Waals surface area contributed by atoms with E-state index in [0.29, 0.717) is 17.5 Å². The van der Waals surface area contributed by atoms with Gasteiger partial charge < -0.3 is 10.2 Å². The van der Waals surface area contributed by atoms with E-state index in [9.17, 15) is 4.21 Å². The number of nitrogens with zero attached hydrogens (tertiary/aromatic N) is 2. The van der Waals surface area contributed by atoms with Gasteiger partial charge in [-0.1, -0.05) is 58.4 Å². The van der Waals surface area contributed by atoms with Crippen LogP contribution in [0.25, 0.3) is 0 Å². The monoisotopic (exact) mass is 471 g/mol. The lowest BCUT2D eigenvalue weighted by Gasteiger charge is -2.34. The van der Waals surface area contributed by atoms with Crippen LogP contribution < -0.4 is 5.32 Å². The van der Waals surface area contributed by atoms with E-state index >= 15 is 0 Å². The number of fused-ring (bicyclic) bond motifs is 1. The number of hydrogen-bond acceptors (Lipinski definition) is 3. The molecular weight excluding hydrogens is 426 g/mol. The zero-order chi connectivity index (χ0) is 25.0. The van der Waals surface area contributed by atoms with Crippen molar-refractivity contribution in [2.24, 2.45) is 4.99 Å². The Morgan fingerprint density at radius 1 is 1.15 bits per heavy atom. The van der Waals surface area contributed by atoms with Gasteiger partial charge in [0.15, 0.2) is 0 Å². The highest BCUT2D eigenvalue weighted by atomic mass is 32.2. The summed E-state index contributed by atoms with van der Waals surface area (Å²) in [5.41, 5.74) is 5.59. The average molecular weight is 472 g/mol. The lowest BCUT2D eigenvalue weighted by atomic mass is 10.1. The Bertz CT molecular complexity index is 881. The molecule has 0 fully saturated rings. The van der Waals surface area contributed by atoms with Crippen LogP contribution in [0.2, 0.25) is 0 Å². The third-order valence-corrected chi connectivity index (χ3v) is 6.80. The Morgan fingerprint density at radius 2 is 1.76 bits per heavy atom. The van der Waals surface area contributed by atoms with E-state index in [0.717, 1.165) is 48.7 Å². The first kappa shape index (κ1) is 28.9. The zero-order valence-electron chi connectivity index (χ0n) is 22.0. The third kappa shape index (κ3) is 9.32. The minimum atomic E-state index is -0.767. The van der Waals surface area contributed by atoms with Crippen LogP contribution in [0.4, 0.5) is 5.69 Å². The molecule has 4 nitrogen and oxygen atoms in total. The fourth-order valence-electron chi connectivity index (χ4n) is 3.74. The second-order valence-corrected chi connectivity index (χ2v) is 10.3. The maximum absolute atomic E-state index is 11.8. The third-order valence-electron chi connectivity index (χ3n) is 5.53. The number of benzene rings is 1. The van der Waals surface area contributed by atoms with Crippen LogP contribution in [-0.4, -0.2) is 27.5 Å². The SMILES string of the molecule is C=C/C(C)=C(\N=C(/C)Nc1ccc2c(c1)CS(=O)C2)N(CCC(=C)C)C(CC)CC.CCC. The van der Waals surface area contributed by atoms with Crippen molar-refractivity contribution in [3.8, 4) is 0 Å². The summed E-state index contributed by atoms with van der Waals surface area (Å²) >= 11 is 0. The van der Waals surface area contributed by atoms with Gasteiger partial charge in [0.25, 0.3) is 0 Å². The van der Waals surface area contributed by atoms with Gasteiger partial charge in [0.2, 0.25) is 0 Å². The lowest BCUT2D eigenvalue weighted by Crippen LogP contribution is -2.35. The van der Waals surface area contributed by atoms with Gasteiger partial charge in [-0.3, -0.25) is 4.21 Å². The second-order valence-electron chi connectivity index (χ2n) is 8.82. The molecule has 0 radical (unpaired) electrons. The molecule has 1 unspecified atom stereocenters. The summed E-state index contributed by atoms with van der Waals surface area (Å²) in [4.78, 5) is 7.40. The number of allylic oxidation sites excluding steroid dienone is 2. The lowest BCUT2D eigenvalue weighted by molar-refractivity contribution is 0.237. The van der Waals surface area contributed by atoms with Crippen molar-refractivity contribution in [1.82, 2.24) is 4.90 Å². The molecule has 5 heteroatoms. The van der Waals surface area contributed by atoms with Crippen LogP contribution in [0.5, 0.6) is 0 Å². The van der Waals surface area contributed by atoms with Crippen molar-refractivity contribution in [3.63, 3.8) is 0 Å². The van der Waals surface area contributed by atoms with E-state index in [-0.39, 0.29) is 0 Å². The summed E-state index contributed by atoms with van der Waals surface area (Å²) in [5, 5.41) is 3.43. The van der Waals surface area contributed by atoms with E-state index in [1.807, 2.05) is 19.1 Å². The maximum Gasteiger partial charge on any atom is 0.133 e. The van der Waals surface area contributed by atoms with Crippen molar-refractivity contribution in [2.45, 2.75) is 91.7 Å². The number of hydrogen-bond donors (Lipinski definition) is 1. The molecule has 0 aromatic heterocycles. The predicted octanol–water partition coefficient (Wildman–Crippen LogP) is 7.57. The molecular formula is C28H45N3OS. The Balaban J connectivity index is 0.00000172. The van der Waals surface area contributed by atoms with E-state index < -0.39 is 10.8 Å². The molecule has 0 saturated heterocycles. The maximum atomic E-state index is 11.8. The first-order chi connectivity index (χ1) is 15.7. The predicted molar refractivity (Wildman–Crippen MR) is 148 cm³/mol. The molecule has 0 spiro atoms. The van der Waals surface area contributed by atoms with Gasteiger partial charge in [-0.15, -0.1) is 6.58 Å². The molecule has 1 heterocycles. The Labute approximate surface area is 205 Å². The Hall–Kier alpha value is -2.14. The van der Waals surface area contributed by atoms with Crippen molar-refractivity contribution in [3.05, 3.63) is 65.5 Å². The smallest absolute Gasteiger partial charge is 0.133 e. The van der Waals surface area contributed by atoms with Crippen molar-refractivity contribution in [1.29, 1.82) is 0 Å². The Kier molecular flexibility index (Phi) is 13.0. The van der Waals surface area contributed by atoms with Gasteiger partial charge in [-0.05, 0) is 68.9 Å². The van der Waals surface area contributed by atoms with Crippen LogP contribution in [0.1, 0.15) is 85.3 Å². The van der Waals surface area contributed by atoms with Gasteiger partial charge in [-0.2, -0.15) is 0 Å². The second kappa shape index (κ2) is 14.9. The van der Waals surface area contributed by atoms with Gasteiger partial charge in [0.05, 0.1) is 0 Å². The quantitative estimate of drug-likeness (QED) is 0.166. The number of nitrogens with one attached hydrogen (secondary N) is 1. The van der Waals surface area contributed by atoms with Crippen LogP contribution in [0.15, 0.2) is 59.4 Å². The highest BCUT2D eigenvalue weighted by molar-refractivity contribution is 7.83. The molecule has 1 aliphatic rings. The summed E-state index contributed by atoms with van der Waals surface area (Å²) in [6.07, 6.45) is 6.19. The first-order valence-electron chi connectivity index (χ1n) is 12.2. The number of aliphatic imine (C=N–C) groups is 1. The van der Waals surface area contributed by atoms with E-state index in [4.69, 9.17) is 4.99 Å². The summed E-state index contributed by atoms with van der Waals surface area (Å²) in [7, 11) is -0.767. The first-order valence-corrected chi connectivity index (χ1v) is 13.7. The average Bonchev–Trinajstić information content (AvgIpc) is 3.14.